The number of rotatable bonds is 4. The van der Waals surface area contributed by atoms with Crippen molar-refractivity contribution in [2.75, 3.05) is 0 Å². The lowest BCUT2D eigenvalue weighted by Crippen LogP contribution is -1.97. The minimum absolute atomic E-state index is 1.17. The van der Waals surface area contributed by atoms with Gasteiger partial charge in [0.25, 0.3) is 0 Å². The summed E-state index contributed by atoms with van der Waals surface area (Å²) in [5.74, 6) is 0. The molecule has 3 heteroatoms. The van der Waals surface area contributed by atoms with E-state index >= 15 is 0 Å². The molecule has 2 nitrogen and oxygen atoms in total. The molecule has 0 saturated carbocycles. The first-order valence-corrected chi connectivity index (χ1v) is 19.7. The summed E-state index contributed by atoms with van der Waals surface area (Å²) in [6.07, 6.45) is 0. The average Bonchev–Trinajstić information content (AvgIpc) is 3.90. The van der Waals surface area contributed by atoms with Crippen LogP contribution in [0, 0.1) is 0 Å². The summed E-state index contributed by atoms with van der Waals surface area (Å²) >= 11 is 1.87. The quantitative estimate of drug-likeness (QED) is 0.172. The van der Waals surface area contributed by atoms with Crippen LogP contribution < -0.4 is 0 Å². The summed E-state index contributed by atoms with van der Waals surface area (Å²) in [5, 5.41) is 10.1. The molecule has 0 amide bonds. The first-order valence-electron chi connectivity index (χ1n) is 18.8. The SMILES string of the molecule is c1ccc(-n2c3ccccc3c3ccc(-c4ccc5c6ccccc6n(-c6cc(-c7ccc8c(c7)sc7ccccc78)cc7ccccc67)c5c4)cc32)cc1. The third-order valence-corrected chi connectivity index (χ3v) is 12.6. The van der Waals surface area contributed by atoms with Gasteiger partial charge in [-0.25, -0.2) is 0 Å². The number of nitrogens with zero attached hydrogens (tertiary/aromatic N) is 2. The van der Waals surface area contributed by atoms with Gasteiger partial charge in [0, 0.05) is 52.8 Å². The predicted octanol–water partition coefficient (Wildman–Crippen LogP) is 14.7. The molecule has 0 aliphatic rings. The fourth-order valence-electron chi connectivity index (χ4n) is 8.96. The van der Waals surface area contributed by atoms with Crippen LogP contribution in [0.4, 0.5) is 0 Å². The first kappa shape index (κ1) is 30.5. The molecule has 3 aromatic heterocycles. The summed E-state index contributed by atoms with van der Waals surface area (Å²) in [4.78, 5) is 0. The summed E-state index contributed by atoms with van der Waals surface area (Å²) in [6.45, 7) is 0. The highest BCUT2D eigenvalue weighted by Crippen LogP contribution is 2.42. The maximum atomic E-state index is 2.50. The van der Waals surface area contributed by atoms with E-state index in [1.54, 1.807) is 0 Å². The Morgan fingerprint density at radius 2 is 0.800 bits per heavy atom. The number of hydrogen-bond acceptors (Lipinski definition) is 1. The van der Waals surface area contributed by atoms with Gasteiger partial charge < -0.3 is 9.13 Å². The van der Waals surface area contributed by atoms with E-state index in [1.807, 2.05) is 11.3 Å². The summed E-state index contributed by atoms with van der Waals surface area (Å²) in [5.41, 5.74) is 12.0. The van der Waals surface area contributed by atoms with Crippen LogP contribution in [-0.2, 0) is 0 Å². The molecule has 256 valence electrons. The second-order valence-corrected chi connectivity index (χ2v) is 15.6. The van der Waals surface area contributed by atoms with E-state index in [0.717, 1.165) is 0 Å². The number of para-hydroxylation sites is 3. The molecule has 0 radical (unpaired) electrons. The van der Waals surface area contributed by atoms with Crippen molar-refractivity contribution in [1.82, 2.24) is 9.13 Å². The predicted molar refractivity (Wildman–Crippen MR) is 236 cm³/mol. The number of fused-ring (bicyclic) bond motifs is 10. The van der Waals surface area contributed by atoms with Gasteiger partial charge >= 0.3 is 0 Å². The van der Waals surface area contributed by atoms with E-state index in [9.17, 15) is 0 Å². The van der Waals surface area contributed by atoms with E-state index in [0.29, 0.717) is 0 Å². The van der Waals surface area contributed by atoms with Crippen molar-refractivity contribution in [2.24, 2.45) is 0 Å². The van der Waals surface area contributed by atoms with Crippen molar-refractivity contribution in [3.05, 3.63) is 194 Å². The molecule has 0 aliphatic heterocycles. The third kappa shape index (κ3) is 4.60. The van der Waals surface area contributed by atoms with Crippen molar-refractivity contribution in [3.63, 3.8) is 0 Å². The normalized spacial score (nSPS) is 12.0. The lowest BCUT2D eigenvalue weighted by molar-refractivity contribution is 1.18. The van der Waals surface area contributed by atoms with E-state index in [4.69, 9.17) is 0 Å². The largest absolute Gasteiger partial charge is 0.309 e. The Balaban J connectivity index is 1.09. The van der Waals surface area contributed by atoms with E-state index in [1.165, 1.54) is 108 Å². The van der Waals surface area contributed by atoms with E-state index in [2.05, 4.69) is 203 Å². The van der Waals surface area contributed by atoms with Gasteiger partial charge in [-0.2, -0.15) is 0 Å². The van der Waals surface area contributed by atoms with E-state index in [-0.39, 0.29) is 0 Å². The molecular formula is C52H32N2S. The van der Waals surface area contributed by atoms with Crippen molar-refractivity contribution in [1.29, 1.82) is 0 Å². The molecular weight excluding hydrogens is 685 g/mol. The molecule has 0 aliphatic carbocycles. The van der Waals surface area contributed by atoms with Gasteiger partial charge in [-0.1, -0.05) is 133 Å². The van der Waals surface area contributed by atoms with Crippen LogP contribution in [-0.4, -0.2) is 9.13 Å². The number of benzene rings is 9. The Morgan fingerprint density at radius 3 is 1.53 bits per heavy atom. The molecule has 12 rings (SSSR count). The molecule has 0 unspecified atom stereocenters. The molecule has 3 heterocycles. The Morgan fingerprint density at radius 1 is 0.291 bits per heavy atom. The zero-order chi connectivity index (χ0) is 36.0. The van der Waals surface area contributed by atoms with Gasteiger partial charge in [-0.3, -0.25) is 0 Å². The average molecular weight is 717 g/mol. The molecule has 9 aromatic carbocycles. The smallest absolute Gasteiger partial charge is 0.0547 e. The van der Waals surface area contributed by atoms with Crippen LogP contribution in [0.25, 0.3) is 108 Å². The van der Waals surface area contributed by atoms with Gasteiger partial charge in [-0.15, -0.1) is 11.3 Å². The van der Waals surface area contributed by atoms with Crippen molar-refractivity contribution in [2.45, 2.75) is 0 Å². The summed E-state index contributed by atoms with van der Waals surface area (Å²) in [6, 6.07) is 71.6. The summed E-state index contributed by atoms with van der Waals surface area (Å²) in [7, 11) is 0. The highest BCUT2D eigenvalue weighted by Gasteiger charge is 2.18. The topological polar surface area (TPSA) is 9.86 Å². The number of aromatic nitrogens is 2. The van der Waals surface area contributed by atoms with Gasteiger partial charge in [-0.05, 0) is 88.3 Å². The third-order valence-electron chi connectivity index (χ3n) is 11.5. The minimum Gasteiger partial charge on any atom is -0.309 e. The van der Waals surface area contributed by atoms with Gasteiger partial charge in [0.15, 0.2) is 0 Å². The molecule has 0 atom stereocenters. The van der Waals surface area contributed by atoms with Crippen LogP contribution in [0.5, 0.6) is 0 Å². The Kier molecular flexibility index (Phi) is 6.54. The van der Waals surface area contributed by atoms with Gasteiger partial charge in [0.1, 0.15) is 0 Å². The molecule has 12 aromatic rings. The Bertz CT molecular complexity index is 3490. The number of thiophene rings is 1. The maximum absolute atomic E-state index is 2.50. The second kappa shape index (κ2) is 11.8. The molecule has 0 spiro atoms. The molecule has 0 N–H and O–H groups in total. The molecule has 0 saturated heterocycles. The van der Waals surface area contributed by atoms with Crippen molar-refractivity contribution < 1.29 is 0 Å². The number of hydrogen-bond donors (Lipinski definition) is 0. The first-order chi connectivity index (χ1) is 27.3. The Labute approximate surface area is 321 Å². The lowest BCUT2D eigenvalue weighted by Gasteiger charge is -2.15. The fraction of sp³-hybridized carbons (Fsp3) is 0. The van der Waals surface area contributed by atoms with Crippen molar-refractivity contribution >= 4 is 85.9 Å². The second-order valence-electron chi connectivity index (χ2n) is 14.5. The van der Waals surface area contributed by atoms with Gasteiger partial charge in [0.2, 0.25) is 0 Å². The Hall–Kier alpha value is -6.94. The molecule has 55 heavy (non-hydrogen) atoms. The zero-order valence-electron chi connectivity index (χ0n) is 29.8. The summed E-state index contributed by atoms with van der Waals surface area (Å²) < 4.78 is 7.54. The minimum atomic E-state index is 1.17. The van der Waals surface area contributed by atoms with Crippen molar-refractivity contribution in [3.8, 4) is 33.6 Å². The highest BCUT2D eigenvalue weighted by atomic mass is 32.1. The van der Waals surface area contributed by atoms with Crippen LogP contribution in [0.1, 0.15) is 0 Å². The fourth-order valence-corrected chi connectivity index (χ4v) is 10.1. The highest BCUT2D eigenvalue weighted by molar-refractivity contribution is 7.25. The standard InChI is InChI=1S/C52H32N2S/c1-2-13-38(14-3-1)53-46-19-9-6-16-40(46)42-25-22-33(29-49(42)53)34-23-26-43-41-17-7-10-20-47(41)54(50(43)30-34)48-31-37(28-36-12-4-5-15-39(36)48)35-24-27-45-44-18-8-11-21-51(44)55-52(45)32-35/h1-32H. The monoisotopic (exact) mass is 716 g/mol. The lowest BCUT2D eigenvalue weighted by atomic mass is 9.98. The van der Waals surface area contributed by atoms with Crippen LogP contribution in [0.2, 0.25) is 0 Å². The van der Waals surface area contributed by atoms with Gasteiger partial charge in [0.05, 0.1) is 27.8 Å². The van der Waals surface area contributed by atoms with Crippen LogP contribution in [0.3, 0.4) is 0 Å². The molecule has 0 fully saturated rings. The maximum Gasteiger partial charge on any atom is 0.0547 e. The molecule has 0 bridgehead atoms. The van der Waals surface area contributed by atoms with Crippen LogP contribution >= 0.6 is 11.3 Å². The zero-order valence-corrected chi connectivity index (χ0v) is 30.6. The van der Waals surface area contributed by atoms with E-state index < -0.39 is 0 Å². The van der Waals surface area contributed by atoms with Crippen LogP contribution in [0.15, 0.2) is 194 Å².